The van der Waals surface area contributed by atoms with Crippen LogP contribution in [0.4, 0.5) is 11.4 Å². The van der Waals surface area contributed by atoms with Crippen molar-refractivity contribution >= 4 is 23.2 Å². The van der Waals surface area contributed by atoms with Crippen LogP contribution < -0.4 is 15.0 Å². The van der Waals surface area contributed by atoms with Crippen LogP contribution in [-0.4, -0.2) is 25.0 Å². The molecule has 0 atom stereocenters. The number of ether oxygens (including phenoxy) is 1. The molecule has 3 rings (SSSR count). The molecule has 2 amide bonds. The smallest absolute Gasteiger partial charge is 0.265 e. The number of hydrogen-bond donors (Lipinski definition) is 1. The molecule has 0 aliphatic carbocycles. The summed E-state index contributed by atoms with van der Waals surface area (Å²) in [6.07, 6.45) is 0.229. The summed E-state index contributed by atoms with van der Waals surface area (Å²) in [5.41, 5.74) is 4.82. The maximum absolute atomic E-state index is 12.4. The number of aryl methyl sites for hydroxylation is 3. The molecular weight excluding hydrogens is 316 g/mol. The van der Waals surface area contributed by atoms with Gasteiger partial charge in [-0.15, -0.1) is 0 Å². The van der Waals surface area contributed by atoms with Crippen LogP contribution in [0.1, 0.15) is 23.1 Å². The molecular formula is C20H22N2O3. The molecule has 0 radical (unpaired) electrons. The van der Waals surface area contributed by atoms with Crippen molar-refractivity contribution < 1.29 is 14.3 Å². The average molecular weight is 338 g/mol. The molecule has 0 bridgehead atoms. The lowest BCUT2D eigenvalue weighted by Gasteiger charge is -2.29. The molecule has 0 unspecified atom stereocenters. The molecule has 0 saturated carbocycles. The normalized spacial score (nSPS) is 13.2. The first-order valence-electron chi connectivity index (χ1n) is 8.35. The second-order valence-corrected chi connectivity index (χ2v) is 6.37. The Bertz CT molecular complexity index is 806. The highest BCUT2D eigenvalue weighted by atomic mass is 16.5. The van der Waals surface area contributed by atoms with Crippen molar-refractivity contribution in [3.63, 3.8) is 0 Å². The van der Waals surface area contributed by atoms with Gasteiger partial charge >= 0.3 is 0 Å². The van der Waals surface area contributed by atoms with E-state index in [0.29, 0.717) is 18.0 Å². The molecule has 0 saturated heterocycles. The van der Waals surface area contributed by atoms with Crippen molar-refractivity contribution in [3.8, 4) is 5.75 Å². The molecule has 1 heterocycles. The zero-order chi connectivity index (χ0) is 18.0. The fourth-order valence-electron chi connectivity index (χ4n) is 3.19. The Morgan fingerprint density at radius 2 is 1.84 bits per heavy atom. The third kappa shape index (κ3) is 3.65. The summed E-state index contributed by atoms with van der Waals surface area (Å²) in [5, 5.41) is 2.98. The van der Waals surface area contributed by atoms with Crippen molar-refractivity contribution in [1.29, 1.82) is 0 Å². The van der Waals surface area contributed by atoms with E-state index >= 15 is 0 Å². The number of fused-ring (bicyclic) bond motifs is 1. The minimum atomic E-state index is -0.130. The van der Waals surface area contributed by atoms with Gasteiger partial charge in [0.25, 0.3) is 5.91 Å². The standard InChI is InChI=1S/C20H22N2O3/c1-13-10-14(2)20(15(3)11-13)21-18(23)8-9-22-16-6-4-5-7-17(16)25-12-19(22)24/h4-7,10-11H,8-9,12H2,1-3H3,(H,21,23). The van der Waals surface area contributed by atoms with E-state index in [4.69, 9.17) is 4.74 Å². The van der Waals surface area contributed by atoms with Gasteiger partial charge in [-0.25, -0.2) is 0 Å². The van der Waals surface area contributed by atoms with Crippen LogP contribution in [0.2, 0.25) is 0 Å². The molecule has 2 aromatic rings. The lowest BCUT2D eigenvalue weighted by atomic mass is 10.0. The molecule has 5 nitrogen and oxygen atoms in total. The third-order valence-corrected chi connectivity index (χ3v) is 4.31. The van der Waals surface area contributed by atoms with Gasteiger partial charge in [0.15, 0.2) is 6.61 Å². The highest BCUT2D eigenvalue weighted by molar-refractivity contribution is 5.99. The van der Waals surface area contributed by atoms with Crippen molar-refractivity contribution in [2.75, 3.05) is 23.4 Å². The van der Waals surface area contributed by atoms with Crippen LogP contribution >= 0.6 is 0 Å². The summed E-state index contributed by atoms with van der Waals surface area (Å²) in [6, 6.07) is 11.5. The highest BCUT2D eigenvalue weighted by Crippen LogP contribution is 2.31. The summed E-state index contributed by atoms with van der Waals surface area (Å²) in [7, 11) is 0. The molecule has 0 aromatic heterocycles. The number of carbonyl (C=O) groups is 2. The summed E-state index contributed by atoms with van der Waals surface area (Å²) in [6.45, 7) is 6.34. The van der Waals surface area contributed by atoms with Gasteiger partial charge in [-0.1, -0.05) is 29.8 Å². The molecule has 1 N–H and O–H groups in total. The van der Waals surface area contributed by atoms with E-state index < -0.39 is 0 Å². The number of hydrogen-bond acceptors (Lipinski definition) is 3. The molecule has 2 aromatic carbocycles. The molecule has 1 aliphatic heterocycles. The van der Waals surface area contributed by atoms with E-state index in [0.717, 1.165) is 16.8 Å². The number of nitrogens with zero attached hydrogens (tertiary/aromatic N) is 1. The molecule has 130 valence electrons. The minimum absolute atomic E-state index is 0.00874. The SMILES string of the molecule is Cc1cc(C)c(NC(=O)CCN2C(=O)COc3ccccc32)c(C)c1. The van der Waals surface area contributed by atoms with Crippen LogP contribution in [0.25, 0.3) is 0 Å². The Morgan fingerprint density at radius 3 is 2.56 bits per heavy atom. The molecule has 1 aliphatic rings. The summed E-state index contributed by atoms with van der Waals surface area (Å²) >= 11 is 0. The second-order valence-electron chi connectivity index (χ2n) is 6.37. The lowest BCUT2D eigenvalue weighted by Crippen LogP contribution is -2.40. The van der Waals surface area contributed by atoms with Gasteiger partial charge in [-0.3, -0.25) is 9.59 Å². The second kappa shape index (κ2) is 6.97. The van der Waals surface area contributed by atoms with E-state index in [1.54, 1.807) is 4.90 Å². The first-order valence-corrected chi connectivity index (χ1v) is 8.35. The topological polar surface area (TPSA) is 58.6 Å². The summed E-state index contributed by atoms with van der Waals surface area (Å²) < 4.78 is 5.42. The Morgan fingerprint density at radius 1 is 1.16 bits per heavy atom. The molecule has 5 heteroatoms. The van der Waals surface area contributed by atoms with Crippen LogP contribution in [-0.2, 0) is 9.59 Å². The monoisotopic (exact) mass is 338 g/mol. The lowest BCUT2D eigenvalue weighted by molar-refractivity contribution is -0.121. The number of rotatable bonds is 4. The Labute approximate surface area is 147 Å². The molecule has 25 heavy (non-hydrogen) atoms. The third-order valence-electron chi connectivity index (χ3n) is 4.31. The Balaban J connectivity index is 1.68. The average Bonchev–Trinajstić information content (AvgIpc) is 2.57. The van der Waals surface area contributed by atoms with Crippen LogP contribution in [0.15, 0.2) is 36.4 Å². The van der Waals surface area contributed by atoms with Gasteiger partial charge in [0.05, 0.1) is 5.69 Å². The van der Waals surface area contributed by atoms with E-state index in [1.807, 2.05) is 57.2 Å². The van der Waals surface area contributed by atoms with Gasteiger partial charge < -0.3 is 15.0 Å². The van der Waals surface area contributed by atoms with E-state index in [9.17, 15) is 9.59 Å². The predicted molar refractivity (Wildman–Crippen MR) is 98.2 cm³/mol. The molecule has 0 spiro atoms. The zero-order valence-electron chi connectivity index (χ0n) is 14.8. The Hall–Kier alpha value is -2.82. The summed E-state index contributed by atoms with van der Waals surface area (Å²) in [5.74, 6) is 0.439. The first-order chi connectivity index (χ1) is 12.0. The van der Waals surface area contributed by atoms with Crippen LogP contribution in [0.3, 0.4) is 0 Å². The largest absolute Gasteiger partial charge is 0.482 e. The summed E-state index contributed by atoms with van der Waals surface area (Å²) in [4.78, 5) is 26.1. The number of para-hydroxylation sites is 2. The first kappa shape index (κ1) is 17.0. The maximum atomic E-state index is 12.4. The van der Waals surface area contributed by atoms with E-state index in [1.165, 1.54) is 5.56 Å². The fourth-order valence-corrected chi connectivity index (χ4v) is 3.19. The minimum Gasteiger partial charge on any atom is -0.482 e. The van der Waals surface area contributed by atoms with Gasteiger partial charge in [-0.2, -0.15) is 0 Å². The fraction of sp³-hybridized carbons (Fsp3) is 0.300. The number of amides is 2. The Kier molecular flexibility index (Phi) is 4.74. The van der Waals surface area contributed by atoms with Crippen molar-refractivity contribution in [1.82, 2.24) is 0 Å². The van der Waals surface area contributed by atoms with Crippen LogP contribution in [0.5, 0.6) is 5.75 Å². The quantitative estimate of drug-likeness (QED) is 0.930. The number of benzene rings is 2. The molecule has 0 fully saturated rings. The predicted octanol–water partition coefficient (Wildman–Crippen LogP) is 3.37. The van der Waals surface area contributed by atoms with Gasteiger partial charge in [-0.05, 0) is 44.0 Å². The van der Waals surface area contributed by atoms with E-state index in [2.05, 4.69) is 5.32 Å². The highest BCUT2D eigenvalue weighted by Gasteiger charge is 2.25. The maximum Gasteiger partial charge on any atom is 0.265 e. The number of carbonyl (C=O) groups excluding carboxylic acids is 2. The zero-order valence-corrected chi connectivity index (χ0v) is 14.8. The van der Waals surface area contributed by atoms with Crippen LogP contribution in [0, 0.1) is 20.8 Å². The van der Waals surface area contributed by atoms with E-state index in [-0.39, 0.29) is 24.8 Å². The van der Waals surface area contributed by atoms with Crippen molar-refractivity contribution in [2.24, 2.45) is 0 Å². The van der Waals surface area contributed by atoms with Crippen molar-refractivity contribution in [3.05, 3.63) is 53.1 Å². The number of anilines is 2. The van der Waals surface area contributed by atoms with Gasteiger partial charge in [0.2, 0.25) is 5.91 Å². The van der Waals surface area contributed by atoms with Crippen molar-refractivity contribution in [2.45, 2.75) is 27.2 Å². The number of nitrogens with one attached hydrogen (secondary N) is 1. The van der Waals surface area contributed by atoms with Gasteiger partial charge in [0.1, 0.15) is 5.75 Å². The van der Waals surface area contributed by atoms with Gasteiger partial charge in [0, 0.05) is 18.7 Å².